The van der Waals surface area contributed by atoms with E-state index in [1.165, 1.54) is 24.3 Å². The lowest BCUT2D eigenvalue weighted by Gasteiger charge is -2.11. The Morgan fingerprint density at radius 2 is 1.74 bits per heavy atom. The van der Waals surface area contributed by atoms with E-state index in [1.807, 2.05) is 26.0 Å². The average Bonchev–Trinajstić information content (AvgIpc) is 2.62. The highest BCUT2D eigenvalue weighted by Gasteiger charge is 2.11. The number of alkyl halides is 2. The van der Waals surface area contributed by atoms with E-state index in [2.05, 4.69) is 10.1 Å². The van der Waals surface area contributed by atoms with Crippen LogP contribution >= 0.6 is 0 Å². The van der Waals surface area contributed by atoms with Crippen molar-refractivity contribution in [1.82, 2.24) is 0 Å². The van der Waals surface area contributed by atoms with Crippen molar-refractivity contribution in [3.8, 4) is 11.5 Å². The van der Waals surface area contributed by atoms with Crippen LogP contribution in [0.15, 0.2) is 42.5 Å². The number of amides is 1. The summed E-state index contributed by atoms with van der Waals surface area (Å²) >= 11 is 0. The second-order valence-electron chi connectivity index (χ2n) is 5.60. The van der Waals surface area contributed by atoms with Crippen LogP contribution in [0, 0.1) is 13.8 Å². The number of nitrogens with one attached hydrogen (secondary N) is 1. The number of hydrogen-bond donors (Lipinski definition) is 1. The average molecular weight is 379 g/mol. The maximum absolute atomic E-state index is 12.1. The molecule has 2 rings (SSSR count). The summed E-state index contributed by atoms with van der Waals surface area (Å²) in [6.07, 6.45) is 0. The first-order valence-electron chi connectivity index (χ1n) is 8.04. The lowest BCUT2D eigenvalue weighted by atomic mass is 10.1. The van der Waals surface area contributed by atoms with E-state index < -0.39 is 25.1 Å². The van der Waals surface area contributed by atoms with Crippen LogP contribution in [0.4, 0.5) is 14.5 Å². The van der Waals surface area contributed by atoms with Crippen molar-refractivity contribution in [3.05, 3.63) is 53.6 Å². The van der Waals surface area contributed by atoms with Crippen molar-refractivity contribution < 1.29 is 32.6 Å². The van der Waals surface area contributed by atoms with E-state index >= 15 is 0 Å². The van der Waals surface area contributed by atoms with Gasteiger partial charge in [0.15, 0.2) is 13.2 Å². The number of anilines is 1. The Bertz CT molecular complexity index is 793. The number of carbonyl (C=O) groups is 2. The zero-order chi connectivity index (χ0) is 19.8. The molecule has 0 radical (unpaired) electrons. The lowest BCUT2D eigenvalue weighted by molar-refractivity contribution is -0.149. The molecule has 144 valence electrons. The zero-order valence-electron chi connectivity index (χ0n) is 14.8. The molecular formula is C19H19F2NO5. The van der Waals surface area contributed by atoms with Crippen LogP contribution in [-0.4, -0.2) is 31.7 Å². The number of ether oxygens (including phenoxy) is 3. The minimum atomic E-state index is -2.92. The van der Waals surface area contributed by atoms with Crippen LogP contribution < -0.4 is 14.8 Å². The third-order valence-corrected chi connectivity index (χ3v) is 3.63. The second-order valence-corrected chi connectivity index (χ2v) is 5.60. The summed E-state index contributed by atoms with van der Waals surface area (Å²) < 4.78 is 38.6. The standard InChI is InChI=1S/C19H19F2NO5/c1-12-4-3-5-16(13(12)2)25-11-18(24)26-10-17(23)22-14-6-8-15(9-7-14)27-19(20)21/h3-9,19H,10-11H2,1-2H3,(H,22,23). The molecule has 1 amide bonds. The maximum Gasteiger partial charge on any atom is 0.387 e. The third kappa shape index (κ3) is 6.58. The Kier molecular flexibility index (Phi) is 7.10. The Balaban J connectivity index is 1.74. The van der Waals surface area contributed by atoms with Crippen molar-refractivity contribution in [2.24, 2.45) is 0 Å². The Morgan fingerprint density at radius 1 is 1.04 bits per heavy atom. The number of hydrogen-bond acceptors (Lipinski definition) is 5. The van der Waals surface area contributed by atoms with Gasteiger partial charge in [-0.05, 0) is 55.3 Å². The number of benzene rings is 2. The SMILES string of the molecule is Cc1cccc(OCC(=O)OCC(=O)Nc2ccc(OC(F)F)cc2)c1C. The van der Waals surface area contributed by atoms with Crippen molar-refractivity contribution in [3.63, 3.8) is 0 Å². The first-order valence-corrected chi connectivity index (χ1v) is 8.04. The van der Waals surface area contributed by atoms with Gasteiger partial charge in [-0.25, -0.2) is 4.79 Å². The number of halogens is 2. The Labute approximate surface area is 155 Å². The number of aryl methyl sites for hydroxylation is 1. The summed E-state index contributed by atoms with van der Waals surface area (Å²) in [4.78, 5) is 23.5. The van der Waals surface area contributed by atoms with E-state index in [9.17, 15) is 18.4 Å². The highest BCUT2D eigenvalue weighted by atomic mass is 19.3. The van der Waals surface area contributed by atoms with Crippen LogP contribution in [0.2, 0.25) is 0 Å². The zero-order valence-corrected chi connectivity index (χ0v) is 14.8. The van der Waals surface area contributed by atoms with Crippen LogP contribution in [0.5, 0.6) is 11.5 Å². The summed E-state index contributed by atoms with van der Waals surface area (Å²) in [5.41, 5.74) is 2.30. The smallest absolute Gasteiger partial charge is 0.387 e. The van der Waals surface area contributed by atoms with Crippen LogP contribution in [-0.2, 0) is 14.3 Å². The van der Waals surface area contributed by atoms with Gasteiger partial charge in [-0.2, -0.15) is 8.78 Å². The molecule has 0 atom stereocenters. The van der Waals surface area contributed by atoms with Gasteiger partial charge in [-0.1, -0.05) is 12.1 Å². The van der Waals surface area contributed by atoms with Crippen LogP contribution in [0.25, 0.3) is 0 Å². The molecule has 0 aromatic heterocycles. The third-order valence-electron chi connectivity index (χ3n) is 3.63. The molecule has 0 fully saturated rings. The number of carbonyl (C=O) groups excluding carboxylic acids is 2. The minimum absolute atomic E-state index is 0.0296. The fourth-order valence-electron chi connectivity index (χ4n) is 2.12. The molecule has 1 N–H and O–H groups in total. The summed E-state index contributed by atoms with van der Waals surface area (Å²) in [6, 6.07) is 10.8. The van der Waals surface area contributed by atoms with Gasteiger partial charge in [0.1, 0.15) is 11.5 Å². The Morgan fingerprint density at radius 3 is 2.41 bits per heavy atom. The summed E-state index contributed by atoms with van der Waals surface area (Å²) in [5.74, 6) is -0.718. The first-order chi connectivity index (χ1) is 12.8. The van der Waals surface area contributed by atoms with Crippen molar-refractivity contribution in [1.29, 1.82) is 0 Å². The van der Waals surface area contributed by atoms with Gasteiger partial charge >= 0.3 is 12.6 Å². The molecule has 8 heteroatoms. The number of rotatable bonds is 8. The van der Waals surface area contributed by atoms with Gasteiger partial charge in [0, 0.05) is 5.69 Å². The van der Waals surface area contributed by atoms with Gasteiger partial charge in [-0.3, -0.25) is 4.79 Å². The Hall–Kier alpha value is -3.16. The highest BCUT2D eigenvalue weighted by Crippen LogP contribution is 2.20. The molecule has 0 aliphatic carbocycles. The van der Waals surface area contributed by atoms with Crippen molar-refractivity contribution in [2.75, 3.05) is 18.5 Å². The predicted molar refractivity (Wildman–Crippen MR) is 94.1 cm³/mol. The molecule has 0 bridgehead atoms. The van der Waals surface area contributed by atoms with Gasteiger partial charge < -0.3 is 19.5 Å². The summed E-state index contributed by atoms with van der Waals surface area (Å²) in [7, 11) is 0. The van der Waals surface area contributed by atoms with E-state index in [1.54, 1.807) is 6.07 Å². The molecule has 2 aromatic carbocycles. The molecule has 0 unspecified atom stereocenters. The molecule has 0 aliphatic heterocycles. The largest absolute Gasteiger partial charge is 0.482 e. The fraction of sp³-hybridized carbons (Fsp3) is 0.263. The minimum Gasteiger partial charge on any atom is -0.482 e. The first kappa shape index (κ1) is 20.2. The maximum atomic E-state index is 12.1. The van der Waals surface area contributed by atoms with Gasteiger partial charge in [0.2, 0.25) is 0 Å². The van der Waals surface area contributed by atoms with E-state index in [0.29, 0.717) is 11.4 Å². The van der Waals surface area contributed by atoms with E-state index in [-0.39, 0.29) is 12.4 Å². The van der Waals surface area contributed by atoms with Crippen molar-refractivity contribution in [2.45, 2.75) is 20.5 Å². The van der Waals surface area contributed by atoms with Gasteiger partial charge in [0.05, 0.1) is 0 Å². The molecular weight excluding hydrogens is 360 g/mol. The van der Waals surface area contributed by atoms with Gasteiger partial charge in [-0.15, -0.1) is 0 Å². The normalized spacial score (nSPS) is 10.4. The van der Waals surface area contributed by atoms with Crippen molar-refractivity contribution >= 4 is 17.6 Å². The quantitative estimate of drug-likeness (QED) is 0.711. The molecule has 0 spiro atoms. The summed E-state index contributed by atoms with van der Waals surface area (Å²) in [6.45, 7) is 0.0650. The van der Waals surface area contributed by atoms with Crippen LogP contribution in [0.1, 0.15) is 11.1 Å². The second kappa shape index (κ2) is 9.51. The topological polar surface area (TPSA) is 73.9 Å². The van der Waals surface area contributed by atoms with Crippen LogP contribution in [0.3, 0.4) is 0 Å². The summed E-state index contributed by atoms with van der Waals surface area (Å²) in [5, 5.41) is 2.47. The molecule has 27 heavy (non-hydrogen) atoms. The molecule has 2 aromatic rings. The highest BCUT2D eigenvalue weighted by molar-refractivity contribution is 5.92. The van der Waals surface area contributed by atoms with Gasteiger partial charge in [0.25, 0.3) is 5.91 Å². The number of esters is 1. The lowest BCUT2D eigenvalue weighted by Crippen LogP contribution is -2.23. The predicted octanol–water partition coefficient (Wildman–Crippen LogP) is 3.47. The monoisotopic (exact) mass is 379 g/mol. The molecule has 0 aliphatic rings. The molecule has 0 saturated carbocycles. The fourth-order valence-corrected chi connectivity index (χ4v) is 2.12. The molecule has 0 saturated heterocycles. The molecule has 0 heterocycles. The van der Waals surface area contributed by atoms with E-state index in [4.69, 9.17) is 9.47 Å². The van der Waals surface area contributed by atoms with E-state index in [0.717, 1.165) is 11.1 Å². The molecule has 6 nitrogen and oxygen atoms in total.